The van der Waals surface area contributed by atoms with Gasteiger partial charge < -0.3 is 4.98 Å². The summed E-state index contributed by atoms with van der Waals surface area (Å²) in [5, 5.41) is 0. The van der Waals surface area contributed by atoms with Crippen LogP contribution in [0, 0.1) is 0 Å². The second-order valence-electron chi connectivity index (χ2n) is 2.93. The second-order valence-corrected chi connectivity index (χ2v) is 3.68. The standard InChI is InChI=1S/C10H7BrN4O/c11-10-14-8(5-9(16)15-10)13-6-7-1-3-12-4-2-7/h1-6H,(H,14,15,16). The van der Waals surface area contributed by atoms with Crippen LogP contribution in [0.2, 0.25) is 0 Å². The molecule has 80 valence electrons. The third-order valence-corrected chi connectivity index (χ3v) is 2.13. The minimum atomic E-state index is -0.247. The fraction of sp³-hybridized carbons (Fsp3) is 0. The molecule has 2 aromatic heterocycles. The quantitative estimate of drug-likeness (QED) is 0.671. The summed E-state index contributed by atoms with van der Waals surface area (Å²) in [7, 11) is 0. The van der Waals surface area contributed by atoms with E-state index < -0.39 is 0 Å². The minimum Gasteiger partial charge on any atom is -0.301 e. The van der Waals surface area contributed by atoms with Gasteiger partial charge in [0, 0.05) is 24.7 Å². The van der Waals surface area contributed by atoms with Crippen LogP contribution in [0.15, 0.2) is 45.1 Å². The van der Waals surface area contributed by atoms with Gasteiger partial charge in [0.05, 0.1) is 0 Å². The number of aromatic nitrogens is 3. The second kappa shape index (κ2) is 4.80. The molecule has 16 heavy (non-hydrogen) atoms. The molecule has 0 aliphatic heterocycles. The number of halogens is 1. The summed E-state index contributed by atoms with van der Waals surface area (Å²) >= 11 is 3.09. The average Bonchev–Trinajstić information content (AvgIpc) is 2.27. The normalized spacial score (nSPS) is 10.8. The summed E-state index contributed by atoms with van der Waals surface area (Å²) in [6.07, 6.45) is 4.96. The maximum absolute atomic E-state index is 11.1. The first-order valence-corrected chi connectivity index (χ1v) is 5.24. The zero-order valence-electron chi connectivity index (χ0n) is 8.09. The number of aliphatic imine (C=N–C) groups is 1. The van der Waals surface area contributed by atoms with Gasteiger partial charge in [0.25, 0.3) is 5.56 Å². The molecule has 0 unspecified atom stereocenters. The highest BCUT2D eigenvalue weighted by Gasteiger charge is 1.95. The number of H-pyrrole nitrogens is 1. The van der Waals surface area contributed by atoms with E-state index in [2.05, 4.69) is 35.9 Å². The number of aromatic amines is 1. The minimum absolute atomic E-state index is 0.247. The van der Waals surface area contributed by atoms with E-state index in [9.17, 15) is 4.79 Å². The molecule has 0 fully saturated rings. The molecule has 0 bridgehead atoms. The average molecular weight is 279 g/mol. The smallest absolute Gasteiger partial charge is 0.253 e. The molecule has 0 aliphatic rings. The van der Waals surface area contributed by atoms with Crippen LogP contribution in [0.3, 0.4) is 0 Å². The SMILES string of the molecule is O=c1cc(N=Cc2ccncc2)nc(Br)[nH]1. The van der Waals surface area contributed by atoms with Gasteiger partial charge in [-0.05, 0) is 33.6 Å². The topological polar surface area (TPSA) is 71.0 Å². The number of nitrogens with zero attached hydrogens (tertiary/aromatic N) is 3. The van der Waals surface area contributed by atoms with Crippen LogP contribution in [-0.2, 0) is 0 Å². The summed E-state index contributed by atoms with van der Waals surface area (Å²) in [6.45, 7) is 0. The van der Waals surface area contributed by atoms with E-state index >= 15 is 0 Å². The van der Waals surface area contributed by atoms with E-state index in [0.717, 1.165) is 5.56 Å². The van der Waals surface area contributed by atoms with E-state index in [1.54, 1.807) is 18.6 Å². The molecule has 5 nitrogen and oxygen atoms in total. The van der Waals surface area contributed by atoms with E-state index in [1.165, 1.54) is 6.07 Å². The molecule has 6 heteroatoms. The Labute approximate surface area is 99.4 Å². The molecule has 2 aromatic rings. The summed E-state index contributed by atoms with van der Waals surface area (Å²) in [4.78, 5) is 25.6. The van der Waals surface area contributed by atoms with Crippen LogP contribution in [0.1, 0.15) is 5.56 Å². The van der Waals surface area contributed by atoms with Gasteiger partial charge in [0.2, 0.25) is 0 Å². The molecule has 0 aliphatic carbocycles. The van der Waals surface area contributed by atoms with Crippen LogP contribution in [0.25, 0.3) is 0 Å². The summed E-state index contributed by atoms with van der Waals surface area (Å²) in [5.74, 6) is 0.354. The lowest BCUT2D eigenvalue weighted by Gasteiger charge is -1.93. The van der Waals surface area contributed by atoms with E-state index in [1.807, 2.05) is 12.1 Å². The van der Waals surface area contributed by atoms with Crippen LogP contribution >= 0.6 is 15.9 Å². The number of hydrogen-bond acceptors (Lipinski definition) is 4. The first-order valence-electron chi connectivity index (χ1n) is 4.45. The van der Waals surface area contributed by atoms with Gasteiger partial charge in [-0.25, -0.2) is 9.98 Å². The Kier molecular flexibility index (Phi) is 3.21. The van der Waals surface area contributed by atoms with Crippen molar-refractivity contribution in [3.63, 3.8) is 0 Å². The molecule has 2 heterocycles. The summed E-state index contributed by atoms with van der Waals surface area (Å²) in [5.41, 5.74) is 0.650. The Balaban J connectivity index is 2.27. The number of hydrogen-bond donors (Lipinski definition) is 1. The van der Waals surface area contributed by atoms with Crippen molar-refractivity contribution in [2.24, 2.45) is 4.99 Å². The largest absolute Gasteiger partial charge is 0.301 e. The highest BCUT2D eigenvalue weighted by molar-refractivity contribution is 9.10. The van der Waals surface area contributed by atoms with Crippen molar-refractivity contribution in [1.82, 2.24) is 15.0 Å². The molecule has 0 aromatic carbocycles. The fourth-order valence-electron chi connectivity index (χ4n) is 1.07. The van der Waals surface area contributed by atoms with Gasteiger partial charge in [-0.1, -0.05) is 0 Å². The zero-order chi connectivity index (χ0) is 11.4. The van der Waals surface area contributed by atoms with Crippen molar-refractivity contribution in [1.29, 1.82) is 0 Å². The van der Waals surface area contributed by atoms with Crippen LogP contribution < -0.4 is 5.56 Å². The molecule has 2 rings (SSSR count). The highest BCUT2D eigenvalue weighted by Crippen LogP contribution is 2.07. The predicted octanol–water partition coefficient (Wildman–Crippen LogP) is 1.68. The third-order valence-electron chi connectivity index (χ3n) is 1.75. The van der Waals surface area contributed by atoms with Gasteiger partial charge in [-0.2, -0.15) is 0 Å². The number of pyridine rings is 1. The Morgan fingerprint density at radius 3 is 2.81 bits per heavy atom. The van der Waals surface area contributed by atoms with E-state index in [0.29, 0.717) is 10.6 Å². The van der Waals surface area contributed by atoms with Gasteiger partial charge in [-0.3, -0.25) is 9.78 Å². The van der Waals surface area contributed by atoms with Crippen molar-refractivity contribution in [3.05, 3.63) is 51.2 Å². The zero-order valence-corrected chi connectivity index (χ0v) is 9.68. The van der Waals surface area contributed by atoms with Crippen molar-refractivity contribution in [2.75, 3.05) is 0 Å². The lowest BCUT2D eigenvalue weighted by Crippen LogP contribution is -2.04. The third kappa shape index (κ3) is 2.83. The van der Waals surface area contributed by atoms with Crippen molar-refractivity contribution in [2.45, 2.75) is 0 Å². The van der Waals surface area contributed by atoms with Crippen LogP contribution in [0.5, 0.6) is 0 Å². The van der Waals surface area contributed by atoms with Gasteiger partial charge in [-0.15, -0.1) is 0 Å². The first kappa shape index (κ1) is 10.7. The van der Waals surface area contributed by atoms with Crippen molar-refractivity contribution < 1.29 is 0 Å². The molecule has 0 radical (unpaired) electrons. The lowest BCUT2D eigenvalue weighted by atomic mass is 10.3. The molecular weight excluding hydrogens is 272 g/mol. The van der Waals surface area contributed by atoms with E-state index in [4.69, 9.17) is 0 Å². The fourth-order valence-corrected chi connectivity index (χ4v) is 1.45. The Bertz CT molecular complexity index is 565. The van der Waals surface area contributed by atoms with Gasteiger partial charge in [0.15, 0.2) is 10.6 Å². The van der Waals surface area contributed by atoms with Gasteiger partial charge >= 0.3 is 0 Å². The number of rotatable bonds is 2. The molecule has 1 N–H and O–H groups in total. The molecule has 0 atom stereocenters. The van der Waals surface area contributed by atoms with Crippen LogP contribution in [0.4, 0.5) is 5.82 Å². The lowest BCUT2D eigenvalue weighted by molar-refractivity contribution is 1.06. The Hall–Kier alpha value is -1.82. The molecule has 0 saturated heterocycles. The van der Waals surface area contributed by atoms with Gasteiger partial charge in [0.1, 0.15) is 0 Å². The Morgan fingerprint density at radius 2 is 2.12 bits per heavy atom. The van der Waals surface area contributed by atoms with Crippen molar-refractivity contribution >= 4 is 28.0 Å². The maximum Gasteiger partial charge on any atom is 0.253 e. The molecular formula is C10H7BrN4O. The number of nitrogens with one attached hydrogen (secondary N) is 1. The monoisotopic (exact) mass is 278 g/mol. The molecule has 0 amide bonds. The summed E-state index contributed by atoms with van der Waals surface area (Å²) < 4.78 is 0.363. The Morgan fingerprint density at radius 1 is 1.38 bits per heavy atom. The maximum atomic E-state index is 11.1. The first-order chi connectivity index (χ1) is 7.74. The predicted molar refractivity (Wildman–Crippen MR) is 64.0 cm³/mol. The van der Waals surface area contributed by atoms with Crippen molar-refractivity contribution in [3.8, 4) is 0 Å². The molecule has 0 saturated carbocycles. The van der Waals surface area contributed by atoms with E-state index in [-0.39, 0.29) is 5.56 Å². The van der Waals surface area contributed by atoms with Crippen LogP contribution in [-0.4, -0.2) is 21.2 Å². The summed E-state index contributed by atoms with van der Waals surface area (Å²) in [6, 6.07) is 4.94. The highest BCUT2D eigenvalue weighted by atomic mass is 79.9. The molecule has 0 spiro atoms.